The van der Waals surface area contributed by atoms with Crippen molar-refractivity contribution in [3.8, 4) is 0 Å². The smallest absolute Gasteiger partial charge is 0.132 e. The Morgan fingerprint density at radius 3 is 2.73 bits per heavy atom. The highest BCUT2D eigenvalue weighted by molar-refractivity contribution is 6.31. The fourth-order valence-electron chi connectivity index (χ4n) is 2.64. The summed E-state index contributed by atoms with van der Waals surface area (Å²) in [5.74, 6) is 0.159. The standard InChI is InChI=1S/C17H15Cl2FN2/c1-22-12(9-18)10-21-17(13-4-2-3-5-15(13)20)14-8-11(19)6-7-16(14)22/h2-8,12H,9-10H2,1H3. The van der Waals surface area contributed by atoms with Crippen LogP contribution in [0.2, 0.25) is 5.02 Å². The first-order chi connectivity index (χ1) is 10.6. The number of rotatable bonds is 2. The van der Waals surface area contributed by atoms with E-state index in [0.29, 0.717) is 28.7 Å². The summed E-state index contributed by atoms with van der Waals surface area (Å²) in [7, 11) is 1.97. The van der Waals surface area contributed by atoms with Gasteiger partial charge in [0.05, 0.1) is 18.3 Å². The lowest BCUT2D eigenvalue weighted by Gasteiger charge is -2.27. The van der Waals surface area contributed by atoms with Crippen molar-refractivity contribution in [3.05, 3.63) is 64.4 Å². The van der Waals surface area contributed by atoms with E-state index in [9.17, 15) is 4.39 Å². The predicted octanol–water partition coefficient (Wildman–Crippen LogP) is 4.37. The third-order valence-corrected chi connectivity index (χ3v) is 4.50. The summed E-state index contributed by atoms with van der Waals surface area (Å²) in [6, 6.07) is 12.3. The van der Waals surface area contributed by atoms with Gasteiger partial charge in [0.15, 0.2) is 0 Å². The Kier molecular flexibility index (Phi) is 4.37. The zero-order chi connectivity index (χ0) is 15.7. The molecule has 1 unspecified atom stereocenters. The molecule has 0 fully saturated rings. The Morgan fingerprint density at radius 2 is 2.00 bits per heavy atom. The van der Waals surface area contributed by atoms with Crippen molar-refractivity contribution in [2.45, 2.75) is 6.04 Å². The van der Waals surface area contributed by atoms with E-state index >= 15 is 0 Å². The van der Waals surface area contributed by atoms with Gasteiger partial charge >= 0.3 is 0 Å². The highest BCUT2D eigenvalue weighted by Crippen LogP contribution is 2.31. The summed E-state index contributed by atoms with van der Waals surface area (Å²) in [6.07, 6.45) is 0. The molecule has 114 valence electrons. The SMILES string of the molecule is CN1c2ccc(Cl)cc2C(c2ccccc2F)=NCC1CCl. The highest BCUT2D eigenvalue weighted by atomic mass is 35.5. The van der Waals surface area contributed by atoms with E-state index in [1.807, 2.05) is 25.2 Å². The molecular formula is C17H15Cl2FN2. The molecule has 1 aliphatic rings. The maximum atomic E-state index is 14.2. The van der Waals surface area contributed by atoms with Crippen molar-refractivity contribution in [1.29, 1.82) is 0 Å². The van der Waals surface area contributed by atoms with Gasteiger partial charge in [0.2, 0.25) is 0 Å². The zero-order valence-electron chi connectivity index (χ0n) is 12.1. The topological polar surface area (TPSA) is 15.6 Å². The van der Waals surface area contributed by atoms with Gasteiger partial charge in [0.1, 0.15) is 5.82 Å². The summed E-state index contributed by atoms with van der Waals surface area (Å²) >= 11 is 12.2. The van der Waals surface area contributed by atoms with Gasteiger partial charge in [-0.25, -0.2) is 4.39 Å². The lowest BCUT2D eigenvalue weighted by atomic mass is 10.00. The maximum absolute atomic E-state index is 14.2. The summed E-state index contributed by atoms with van der Waals surface area (Å²) in [6.45, 7) is 0.510. The van der Waals surface area contributed by atoms with E-state index < -0.39 is 0 Å². The van der Waals surface area contributed by atoms with Crippen molar-refractivity contribution in [2.24, 2.45) is 4.99 Å². The quantitative estimate of drug-likeness (QED) is 0.743. The van der Waals surface area contributed by atoms with Gasteiger partial charge in [0, 0.05) is 34.8 Å². The minimum absolute atomic E-state index is 0.0610. The average Bonchev–Trinajstić information content (AvgIpc) is 2.65. The molecule has 0 bridgehead atoms. The van der Waals surface area contributed by atoms with Gasteiger partial charge in [-0.1, -0.05) is 23.7 Å². The van der Waals surface area contributed by atoms with E-state index in [2.05, 4.69) is 9.89 Å². The van der Waals surface area contributed by atoms with E-state index in [-0.39, 0.29) is 11.9 Å². The van der Waals surface area contributed by atoms with Gasteiger partial charge in [-0.2, -0.15) is 0 Å². The van der Waals surface area contributed by atoms with Crippen LogP contribution in [0.3, 0.4) is 0 Å². The molecular weight excluding hydrogens is 322 g/mol. The van der Waals surface area contributed by atoms with Crippen LogP contribution >= 0.6 is 23.2 Å². The molecule has 22 heavy (non-hydrogen) atoms. The molecule has 2 aromatic carbocycles. The largest absolute Gasteiger partial charge is 0.368 e. The number of aliphatic imine (C=N–C) groups is 1. The molecule has 0 saturated carbocycles. The summed E-state index contributed by atoms with van der Waals surface area (Å²) in [5, 5.41) is 0.598. The molecule has 2 aromatic rings. The molecule has 0 spiro atoms. The lowest BCUT2D eigenvalue weighted by Crippen LogP contribution is -2.35. The van der Waals surface area contributed by atoms with Crippen LogP contribution in [0, 0.1) is 5.82 Å². The molecule has 1 atom stereocenters. The average molecular weight is 337 g/mol. The third kappa shape index (κ3) is 2.71. The van der Waals surface area contributed by atoms with Crippen molar-refractivity contribution < 1.29 is 4.39 Å². The van der Waals surface area contributed by atoms with E-state index in [1.54, 1.807) is 18.2 Å². The normalized spacial score (nSPS) is 17.7. The van der Waals surface area contributed by atoms with Crippen molar-refractivity contribution >= 4 is 34.6 Å². The van der Waals surface area contributed by atoms with Gasteiger partial charge in [0.25, 0.3) is 0 Å². The van der Waals surface area contributed by atoms with Gasteiger partial charge in [-0.3, -0.25) is 4.99 Å². The van der Waals surface area contributed by atoms with Crippen LogP contribution in [0.25, 0.3) is 0 Å². The fraction of sp³-hybridized carbons (Fsp3) is 0.235. The minimum atomic E-state index is -0.292. The number of hydrogen-bond acceptors (Lipinski definition) is 2. The predicted molar refractivity (Wildman–Crippen MR) is 91.3 cm³/mol. The monoisotopic (exact) mass is 336 g/mol. The van der Waals surface area contributed by atoms with E-state index in [0.717, 1.165) is 11.3 Å². The number of benzodiazepines with no additional fused rings is 1. The Morgan fingerprint density at radius 1 is 1.23 bits per heavy atom. The van der Waals surface area contributed by atoms with Crippen LogP contribution in [0.4, 0.5) is 10.1 Å². The molecule has 0 aromatic heterocycles. The van der Waals surface area contributed by atoms with Crippen molar-refractivity contribution in [3.63, 3.8) is 0 Å². The number of alkyl halides is 1. The Balaban J connectivity index is 2.22. The first-order valence-corrected chi connectivity index (χ1v) is 7.91. The number of hydrogen-bond donors (Lipinski definition) is 0. The maximum Gasteiger partial charge on any atom is 0.132 e. The second kappa shape index (κ2) is 6.27. The van der Waals surface area contributed by atoms with Crippen LogP contribution in [-0.2, 0) is 0 Å². The minimum Gasteiger partial charge on any atom is -0.368 e. The van der Waals surface area contributed by atoms with Crippen LogP contribution in [-0.4, -0.2) is 31.2 Å². The molecule has 0 radical (unpaired) electrons. The molecule has 3 rings (SSSR count). The Labute approximate surface area is 139 Å². The van der Waals surface area contributed by atoms with Gasteiger partial charge in [-0.15, -0.1) is 11.6 Å². The van der Waals surface area contributed by atoms with Crippen LogP contribution in [0.15, 0.2) is 47.5 Å². The van der Waals surface area contributed by atoms with Gasteiger partial charge < -0.3 is 4.90 Å². The Hall–Kier alpha value is -1.58. The number of halogens is 3. The number of benzene rings is 2. The number of anilines is 1. The van der Waals surface area contributed by atoms with Crippen LogP contribution in [0.5, 0.6) is 0 Å². The van der Waals surface area contributed by atoms with E-state index in [1.165, 1.54) is 6.07 Å². The molecule has 5 heteroatoms. The first kappa shape index (κ1) is 15.3. The van der Waals surface area contributed by atoms with E-state index in [4.69, 9.17) is 23.2 Å². The lowest BCUT2D eigenvalue weighted by molar-refractivity contribution is 0.625. The number of nitrogens with zero attached hydrogens (tertiary/aromatic N) is 2. The molecule has 0 aliphatic carbocycles. The second-order valence-electron chi connectivity index (χ2n) is 5.25. The molecule has 0 amide bonds. The molecule has 0 N–H and O–H groups in total. The summed E-state index contributed by atoms with van der Waals surface area (Å²) < 4.78 is 14.2. The van der Waals surface area contributed by atoms with Crippen LogP contribution in [0.1, 0.15) is 11.1 Å². The number of fused-ring (bicyclic) bond motifs is 1. The van der Waals surface area contributed by atoms with Crippen LogP contribution < -0.4 is 4.90 Å². The molecule has 1 heterocycles. The summed E-state index contributed by atoms with van der Waals surface area (Å²) in [5.41, 5.74) is 2.88. The fourth-order valence-corrected chi connectivity index (χ4v) is 3.12. The first-order valence-electron chi connectivity index (χ1n) is 7.00. The number of likely N-dealkylation sites (N-methyl/N-ethyl adjacent to an activating group) is 1. The molecule has 0 saturated heterocycles. The Bertz CT molecular complexity index is 730. The zero-order valence-corrected chi connectivity index (χ0v) is 13.6. The summed E-state index contributed by atoms with van der Waals surface area (Å²) in [4.78, 5) is 6.71. The third-order valence-electron chi connectivity index (χ3n) is 3.91. The molecule has 2 nitrogen and oxygen atoms in total. The van der Waals surface area contributed by atoms with Crippen molar-refractivity contribution in [1.82, 2.24) is 0 Å². The highest BCUT2D eigenvalue weighted by Gasteiger charge is 2.25. The second-order valence-corrected chi connectivity index (χ2v) is 5.99. The van der Waals surface area contributed by atoms with Crippen molar-refractivity contribution in [2.75, 3.05) is 24.4 Å². The van der Waals surface area contributed by atoms with Gasteiger partial charge in [-0.05, 0) is 30.3 Å². The molecule has 1 aliphatic heterocycles.